The number of alkyl halides is 12. The third-order valence-electron chi connectivity index (χ3n) is 2.93. The van der Waals surface area contributed by atoms with E-state index in [4.69, 9.17) is 0 Å². The van der Waals surface area contributed by atoms with E-state index in [1.807, 2.05) is 0 Å². The SMILES string of the molecule is FC(F)(F)C1(I)CCOC1(F)C(F)(C(F)(F)F)C(F)(F)F. The summed E-state index contributed by atoms with van der Waals surface area (Å²) in [6.07, 6.45) is -21.5. The molecule has 0 radical (unpaired) electrons. The minimum absolute atomic E-state index is 0.00900. The second-order valence-corrected chi connectivity index (χ2v) is 5.99. The third kappa shape index (κ3) is 2.28. The number of hydrogen-bond acceptors (Lipinski definition) is 1. The van der Waals surface area contributed by atoms with Gasteiger partial charge in [0.05, 0.1) is 6.61 Å². The molecule has 126 valence electrons. The summed E-state index contributed by atoms with van der Waals surface area (Å²) < 4.78 is 140. The maximum Gasteiger partial charge on any atom is 0.437 e. The highest BCUT2D eigenvalue weighted by molar-refractivity contribution is 14.1. The summed E-state index contributed by atoms with van der Waals surface area (Å²) in [4.78, 5) is 0. The molecule has 1 rings (SSSR count). The highest BCUT2D eigenvalue weighted by atomic mass is 127. The number of hydrogen-bond donors (Lipinski definition) is 0. The summed E-state index contributed by atoms with van der Waals surface area (Å²) in [6.45, 7) is -1.46. The predicted octanol–water partition coefficient (Wildman–Crippen LogP) is 4.64. The van der Waals surface area contributed by atoms with E-state index in [2.05, 4.69) is 4.74 Å². The summed E-state index contributed by atoms with van der Waals surface area (Å²) in [7, 11) is 0. The van der Waals surface area contributed by atoms with Crippen molar-refractivity contribution >= 4 is 22.6 Å². The van der Waals surface area contributed by atoms with Crippen LogP contribution < -0.4 is 0 Å². The van der Waals surface area contributed by atoms with Crippen LogP contribution in [0.2, 0.25) is 0 Å². The number of halogens is 12. The van der Waals surface area contributed by atoms with Gasteiger partial charge in [-0.1, -0.05) is 22.6 Å². The van der Waals surface area contributed by atoms with E-state index in [1.165, 1.54) is 0 Å². The lowest BCUT2D eigenvalue weighted by atomic mass is 9.83. The van der Waals surface area contributed by atoms with Crippen LogP contribution in [0.3, 0.4) is 0 Å². The minimum atomic E-state index is -7.01. The van der Waals surface area contributed by atoms with Gasteiger partial charge in [-0.25, -0.2) is 8.78 Å². The van der Waals surface area contributed by atoms with Crippen LogP contribution >= 0.6 is 22.6 Å². The molecule has 0 bridgehead atoms. The van der Waals surface area contributed by atoms with Crippen molar-refractivity contribution < 1.29 is 53.0 Å². The first kappa shape index (κ1) is 19.0. The zero-order chi connectivity index (χ0) is 17.1. The molecule has 1 saturated heterocycles. The van der Waals surface area contributed by atoms with Crippen LogP contribution in [-0.2, 0) is 4.74 Å². The summed E-state index contributed by atoms with van der Waals surface area (Å²) >= 11 is -0.00900. The molecule has 0 spiro atoms. The van der Waals surface area contributed by atoms with E-state index in [9.17, 15) is 48.3 Å². The summed E-state index contributed by atoms with van der Waals surface area (Å²) in [5.41, 5.74) is -6.83. The van der Waals surface area contributed by atoms with Crippen molar-refractivity contribution in [2.45, 2.75) is 39.9 Å². The van der Waals surface area contributed by atoms with E-state index in [-0.39, 0.29) is 22.6 Å². The first-order valence-corrected chi connectivity index (χ1v) is 5.94. The van der Waals surface area contributed by atoms with Crippen molar-refractivity contribution in [1.29, 1.82) is 0 Å². The third-order valence-corrected chi connectivity index (χ3v) is 4.78. The number of rotatable bonds is 1. The van der Waals surface area contributed by atoms with Gasteiger partial charge in [-0.3, -0.25) is 0 Å². The van der Waals surface area contributed by atoms with E-state index >= 15 is 0 Å². The molecule has 2 unspecified atom stereocenters. The van der Waals surface area contributed by atoms with Gasteiger partial charge in [-0.2, -0.15) is 39.5 Å². The Morgan fingerprint density at radius 3 is 1.48 bits per heavy atom. The highest BCUT2D eigenvalue weighted by Gasteiger charge is 2.92. The molecule has 0 aromatic heterocycles. The highest BCUT2D eigenvalue weighted by Crippen LogP contribution is 2.65. The average molecular weight is 452 g/mol. The van der Waals surface area contributed by atoms with Gasteiger partial charge in [0.15, 0.2) is 3.42 Å². The predicted molar refractivity (Wildman–Crippen MR) is 53.2 cm³/mol. The van der Waals surface area contributed by atoms with Crippen LogP contribution in [0.4, 0.5) is 48.3 Å². The minimum Gasteiger partial charge on any atom is -0.341 e. The Bertz CT molecular complexity index is 398. The average Bonchev–Trinajstić information content (AvgIpc) is 2.52. The van der Waals surface area contributed by atoms with Crippen LogP contribution in [0.1, 0.15) is 6.42 Å². The van der Waals surface area contributed by atoms with Gasteiger partial charge in [0, 0.05) is 0 Å². The fourth-order valence-corrected chi connectivity index (χ4v) is 2.58. The van der Waals surface area contributed by atoms with Crippen molar-refractivity contribution in [2.75, 3.05) is 6.61 Å². The van der Waals surface area contributed by atoms with Crippen molar-refractivity contribution in [2.24, 2.45) is 0 Å². The van der Waals surface area contributed by atoms with Crippen LogP contribution in [0.15, 0.2) is 0 Å². The molecule has 1 aliphatic rings. The normalized spacial score (nSPS) is 32.6. The maximum atomic E-state index is 14.1. The van der Waals surface area contributed by atoms with Crippen LogP contribution in [-0.4, -0.2) is 40.1 Å². The summed E-state index contributed by atoms with van der Waals surface area (Å²) in [5.74, 6) is -5.70. The zero-order valence-electron chi connectivity index (χ0n) is 9.36. The molecule has 0 amide bonds. The van der Waals surface area contributed by atoms with Gasteiger partial charge in [0.2, 0.25) is 0 Å². The van der Waals surface area contributed by atoms with E-state index < -0.39 is 46.5 Å². The molecule has 1 heterocycles. The first-order valence-electron chi connectivity index (χ1n) is 4.86. The van der Waals surface area contributed by atoms with Gasteiger partial charge in [0.25, 0.3) is 5.85 Å². The van der Waals surface area contributed by atoms with E-state index in [0.29, 0.717) is 0 Å². The molecular formula is C8H4F11IO. The zero-order valence-corrected chi connectivity index (χ0v) is 11.5. The Hall–Kier alpha value is -0.0800. The lowest BCUT2D eigenvalue weighted by Crippen LogP contribution is -2.74. The first-order chi connectivity index (χ1) is 8.96. The lowest BCUT2D eigenvalue weighted by Gasteiger charge is -2.44. The van der Waals surface area contributed by atoms with E-state index in [1.54, 1.807) is 0 Å². The molecule has 1 aliphatic heterocycles. The van der Waals surface area contributed by atoms with Crippen molar-refractivity contribution in [1.82, 2.24) is 0 Å². The largest absolute Gasteiger partial charge is 0.437 e. The molecular weight excluding hydrogens is 448 g/mol. The maximum absolute atomic E-state index is 14.1. The van der Waals surface area contributed by atoms with Gasteiger partial charge in [-0.05, 0) is 6.42 Å². The standard InChI is InChI=1S/C8H4F11IO/c9-4(7(14,15)16,8(17,18)19)5(10)3(20,1-2-21-5)6(11,12)13/h1-2H2. The second-order valence-electron chi connectivity index (χ2n) is 4.15. The molecule has 0 aromatic carbocycles. The number of ether oxygens (including phenoxy) is 1. The molecule has 0 saturated carbocycles. The lowest BCUT2D eigenvalue weighted by molar-refractivity contribution is -0.421. The van der Waals surface area contributed by atoms with Gasteiger partial charge in [-0.15, -0.1) is 0 Å². The van der Waals surface area contributed by atoms with Crippen LogP contribution in [0, 0.1) is 0 Å². The van der Waals surface area contributed by atoms with Crippen molar-refractivity contribution in [3.8, 4) is 0 Å². The van der Waals surface area contributed by atoms with Crippen LogP contribution in [0.25, 0.3) is 0 Å². The molecule has 21 heavy (non-hydrogen) atoms. The van der Waals surface area contributed by atoms with E-state index in [0.717, 1.165) is 0 Å². The Kier molecular flexibility index (Phi) is 4.25. The molecule has 2 atom stereocenters. The molecule has 13 heteroatoms. The van der Waals surface area contributed by atoms with Gasteiger partial charge >= 0.3 is 24.2 Å². The Labute approximate surface area is 122 Å². The summed E-state index contributed by atoms with van der Waals surface area (Å²) in [6, 6.07) is 0. The summed E-state index contributed by atoms with van der Waals surface area (Å²) in [5, 5.41) is 0. The molecule has 1 fully saturated rings. The van der Waals surface area contributed by atoms with Crippen molar-refractivity contribution in [3.63, 3.8) is 0 Å². The fourth-order valence-electron chi connectivity index (χ4n) is 1.83. The Balaban J connectivity index is 3.65. The van der Waals surface area contributed by atoms with Crippen LogP contribution in [0.5, 0.6) is 0 Å². The van der Waals surface area contributed by atoms with Gasteiger partial charge in [0.1, 0.15) is 0 Å². The molecule has 0 aliphatic carbocycles. The fraction of sp³-hybridized carbons (Fsp3) is 1.00. The Morgan fingerprint density at radius 2 is 1.19 bits per heavy atom. The topological polar surface area (TPSA) is 9.23 Å². The van der Waals surface area contributed by atoms with Gasteiger partial charge < -0.3 is 4.74 Å². The quantitative estimate of drug-likeness (QED) is 0.320. The second kappa shape index (κ2) is 4.71. The molecule has 0 aromatic rings. The smallest absolute Gasteiger partial charge is 0.341 e. The Morgan fingerprint density at radius 1 is 0.810 bits per heavy atom. The molecule has 1 nitrogen and oxygen atoms in total. The molecule has 0 N–H and O–H groups in total. The van der Waals surface area contributed by atoms with Crippen molar-refractivity contribution in [3.05, 3.63) is 0 Å². The monoisotopic (exact) mass is 452 g/mol.